The molecule has 3 rings (SSSR count). The van der Waals surface area contributed by atoms with E-state index >= 15 is 0 Å². The summed E-state index contributed by atoms with van der Waals surface area (Å²) in [6.45, 7) is -0.137. The van der Waals surface area contributed by atoms with Gasteiger partial charge in [-0.3, -0.25) is 9.78 Å². The van der Waals surface area contributed by atoms with E-state index in [-0.39, 0.29) is 16.3 Å². The minimum absolute atomic E-state index is 0.137. The van der Waals surface area contributed by atoms with Crippen molar-refractivity contribution in [1.82, 2.24) is 10.3 Å². The number of rotatable bonds is 9. The maximum absolute atomic E-state index is 13.2. The number of methoxy groups -OCH3 is 3. The van der Waals surface area contributed by atoms with Crippen LogP contribution in [0.2, 0.25) is 0 Å². The molecule has 0 saturated carbocycles. The molecular formula is C21H22N2O6S2. The summed E-state index contributed by atoms with van der Waals surface area (Å²) in [5, 5.41) is 3.41. The number of nitrogens with zero attached hydrogens (tertiary/aromatic N) is 1. The van der Waals surface area contributed by atoms with E-state index in [2.05, 4.69) is 10.3 Å². The number of carbonyl (C=O) groups excluding carboxylic acids is 1. The van der Waals surface area contributed by atoms with Gasteiger partial charge in [-0.25, -0.2) is 8.42 Å². The Labute approximate surface area is 184 Å². The molecule has 0 fully saturated rings. The summed E-state index contributed by atoms with van der Waals surface area (Å²) in [6.07, 6.45) is 3.05. The van der Waals surface area contributed by atoms with Gasteiger partial charge in [-0.1, -0.05) is 12.1 Å². The first-order chi connectivity index (χ1) is 14.9. The molecule has 0 radical (unpaired) electrons. The molecule has 31 heavy (non-hydrogen) atoms. The maximum atomic E-state index is 13.2. The Morgan fingerprint density at radius 2 is 1.81 bits per heavy atom. The third-order valence-corrected chi connectivity index (χ3v) is 8.11. The standard InChI is InChI=1S/C21H22N2O6S2/c1-27-16-10-15(11-17(28-2)20(16)29-3)21(24)23-13-18(14-6-4-8-22-12-14)31(25,26)19-7-5-9-30-19/h4-12,18H,13H2,1-3H3,(H,23,24). The number of thiophene rings is 1. The van der Waals surface area contributed by atoms with Crippen molar-refractivity contribution in [2.24, 2.45) is 0 Å². The van der Waals surface area contributed by atoms with Crippen LogP contribution < -0.4 is 19.5 Å². The average Bonchev–Trinajstić information content (AvgIpc) is 3.34. The zero-order valence-corrected chi connectivity index (χ0v) is 18.8. The summed E-state index contributed by atoms with van der Waals surface area (Å²) in [4.78, 5) is 16.9. The molecule has 8 nitrogen and oxygen atoms in total. The normalized spacial score (nSPS) is 12.1. The van der Waals surface area contributed by atoms with Crippen LogP contribution in [0.15, 0.2) is 58.4 Å². The number of amides is 1. The van der Waals surface area contributed by atoms with Gasteiger partial charge < -0.3 is 19.5 Å². The number of nitrogens with one attached hydrogen (secondary N) is 1. The fourth-order valence-corrected chi connectivity index (χ4v) is 5.89. The van der Waals surface area contributed by atoms with Crippen molar-refractivity contribution >= 4 is 27.1 Å². The molecule has 0 aliphatic rings. The van der Waals surface area contributed by atoms with E-state index in [1.807, 2.05) is 0 Å². The van der Waals surface area contributed by atoms with E-state index in [1.165, 1.54) is 39.7 Å². The molecule has 3 aromatic rings. The quantitative estimate of drug-likeness (QED) is 0.521. The summed E-state index contributed by atoms with van der Waals surface area (Å²) in [5.74, 6) is 0.522. The summed E-state index contributed by atoms with van der Waals surface area (Å²) in [6, 6.07) is 9.56. The number of sulfone groups is 1. The van der Waals surface area contributed by atoms with E-state index in [9.17, 15) is 13.2 Å². The van der Waals surface area contributed by atoms with Gasteiger partial charge >= 0.3 is 0 Å². The zero-order valence-electron chi connectivity index (χ0n) is 17.2. The maximum Gasteiger partial charge on any atom is 0.251 e. The molecule has 0 aliphatic heterocycles. The largest absolute Gasteiger partial charge is 0.493 e. The van der Waals surface area contributed by atoms with E-state index < -0.39 is 21.0 Å². The van der Waals surface area contributed by atoms with Gasteiger partial charge in [0, 0.05) is 24.5 Å². The van der Waals surface area contributed by atoms with Gasteiger partial charge in [0.05, 0.1) is 21.3 Å². The molecule has 2 heterocycles. The lowest BCUT2D eigenvalue weighted by atomic mass is 10.1. The smallest absolute Gasteiger partial charge is 0.251 e. The SMILES string of the molecule is COc1cc(C(=O)NCC(c2cccnc2)S(=O)(=O)c2cccs2)cc(OC)c1OC. The molecule has 1 amide bonds. The Bertz CT molecular complexity index is 1110. The Balaban J connectivity index is 1.90. The molecule has 0 bridgehead atoms. The second-order valence-corrected chi connectivity index (χ2v) is 9.68. The first-order valence-corrected chi connectivity index (χ1v) is 11.6. The predicted molar refractivity (Wildman–Crippen MR) is 117 cm³/mol. The molecule has 1 aromatic carbocycles. The first kappa shape index (κ1) is 22.6. The lowest BCUT2D eigenvalue weighted by molar-refractivity contribution is 0.0953. The van der Waals surface area contributed by atoms with Crippen LogP contribution in [-0.4, -0.2) is 47.2 Å². The molecule has 1 N–H and O–H groups in total. The van der Waals surface area contributed by atoms with Gasteiger partial charge in [0.25, 0.3) is 5.91 Å². The van der Waals surface area contributed by atoms with E-state index in [4.69, 9.17) is 14.2 Å². The second-order valence-electron chi connectivity index (χ2n) is 6.38. The number of hydrogen-bond acceptors (Lipinski definition) is 8. The van der Waals surface area contributed by atoms with E-state index in [0.29, 0.717) is 22.8 Å². The third-order valence-electron chi connectivity index (χ3n) is 4.58. The van der Waals surface area contributed by atoms with Crippen molar-refractivity contribution in [1.29, 1.82) is 0 Å². The summed E-state index contributed by atoms with van der Waals surface area (Å²) >= 11 is 1.13. The summed E-state index contributed by atoms with van der Waals surface area (Å²) in [7, 11) is 0.635. The predicted octanol–water partition coefficient (Wildman–Crippen LogP) is 3.11. The number of hydrogen-bond donors (Lipinski definition) is 1. The van der Waals surface area contributed by atoms with E-state index in [0.717, 1.165) is 11.3 Å². The van der Waals surface area contributed by atoms with Crippen molar-refractivity contribution in [2.75, 3.05) is 27.9 Å². The van der Waals surface area contributed by atoms with E-state index in [1.54, 1.807) is 35.8 Å². The minimum atomic E-state index is -3.73. The topological polar surface area (TPSA) is 104 Å². The van der Waals surface area contributed by atoms with Crippen molar-refractivity contribution in [3.8, 4) is 17.2 Å². The van der Waals surface area contributed by atoms with Crippen LogP contribution in [0.3, 0.4) is 0 Å². The van der Waals surface area contributed by atoms with Gasteiger partial charge in [0.2, 0.25) is 5.75 Å². The van der Waals surface area contributed by atoms with Crippen LogP contribution in [0.5, 0.6) is 17.2 Å². The van der Waals surface area contributed by atoms with Gasteiger partial charge in [-0.05, 0) is 35.2 Å². The highest BCUT2D eigenvalue weighted by Crippen LogP contribution is 2.38. The van der Waals surface area contributed by atoms with Crippen molar-refractivity contribution in [2.45, 2.75) is 9.46 Å². The zero-order chi connectivity index (χ0) is 22.4. The molecule has 164 valence electrons. The average molecular weight is 463 g/mol. The first-order valence-electron chi connectivity index (χ1n) is 9.18. The molecule has 10 heteroatoms. The molecular weight excluding hydrogens is 440 g/mol. The number of aromatic nitrogens is 1. The monoisotopic (exact) mass is 462 g/mol. The van der Waals surface area contributed by atoms with Gasteiger partial charge in [-0.2, -0.15) is 0 Å². The minimum Gasteiger partial charge on any atom is -0.493 e. The Hall–Kier alpha value is -3.11. The Kier molecular flexibility index (Phi) is 7.13. The molecule has 0 spiro atoms. The van der Waals surface area contributed by atoms with Crippen LogP contribution in [0, 0.1) is 0 Å². The van der Waals surface area contributed by atoms with Crippen LogP contribution in [-0.2, 0) is 9.84 Å². The Morgan fingerprint density at radius 3 is 2.32 bits per heavy atom. The van der Waals surface area contributed by atoms with Gasteiger partial charge in [0.1, 0.15) is 9.46 Å². The molecule has 2 aromatic heterocycles. The van der Waals surface area contributed by atoms with Crippen LogP contribution in [0.25, 0.3) is 0 Å². The highest BCUT2D eigenvalue weighted by molar-refractivity contribution is 7.93. The highest BCUT2D eigenvalue weighted by atomic mass is 32.2. The fraction of sp³-hybridized carbons (Fsp3) is 0.238. The molecule has 0 saturated heterocycles. The molecule has 0 aliphatic carbocycles. The lowest BCUT2D eigenvalue weighted by Gasteiger charge is -2.18. The number of benzene rings is 1. The number of carbonyl (C=O) groups is 1. The van der Waals surface area contributed by atoms with Crippen LogP contribution in [0.1, 0.15) is 21.2 Å². The third kappa shape index (κ3) is 4.80. The number of pyridine rings is 1. The second kappa shape index (κ2) is 9.80. The number of ether oxygens (including phenoxy) is 3. The molecule has 1 atom stereocenters. The van der Waals surface area contributed by atoms with Gasteiger partial charge in [-0.15, -0.1) is 11.3 Å². The Morgan fingerprint density at radius 1 is 1.10 bits per heavy atom. The summed E-state index contributed by atoms with van der Waals surface area (Å²) in [5.41, 5.74) is 0.731. The highest BCUT2D eigenvalue weighted by Gasteiger charge is 2.31. The van der Waals surface area contributed by atoms with Crippen LogP contribution >= 0.6 is 11.3 Å². The van der Waals surface area contributed by atoms with Crippen molar-refractivity contribution < 1.29 is 27.4 Å². The lowest BCUT2D eigenvalue weighted by Crippen LogP contribution is -2.31. The van der Waals surface area contributed by atoms with Gasteiger partial charge in [0.15, 0.2) is 21.3 Å². The summed E-state index contributed by atoms with van der Waals surface area (Å²) < 4.78 is 42.5. The van der Waals surface area contributed by atoms with Crippen LogP contribution in [0.4, 0.5) is 0 Å². The fourth-order valence-electron chi connectivity index (χ4n) is 3.04. The molecule has 1 unspecified atom stereocenters. The van der Waals surface area contributed by atoms with Crippen molar-refractivity contribution in [3.05, 3.63) is 65.3 Å². The van der Waals surface area contributed by atoms with Crippen molar-refractivity contribution in [3.63, 3.8) is 0 Å².